The third-order valence-electron chi connectivity index (χ3n) is 3.91. The fourth-order valence-electron chi connectivity index (χ4n) is 2.57. The molecule has 0 amide bonds. The monoisotopic (exact) mass is 299 g/mol. The fourth-order valence-corrected chi connectivity index (χ4v) is 2.57. The van der Waals surface area contributed by atoms with Gasteiger partial charge in [0.25, 0.3) is 0 Å². The van der Waals surface area contributed by atoms with Gasteiger partial charge in [0.1, 0.15) is 11.2 Å². The van der Waals surface area contributed by atoms with Crippen LogP contribution in [0.3, 0.4) is 0 Å². The molecular formula is C16H21N5O. The second-order valence-electron chi connectivity index (χ2n) is 5.91. The summed E-state index contributed by atoms with van der Waals surface area (Å²) in [5, 5.41) is 18.0. The lowest BCUT2D eigenvalue weighted by Crippen LogP contribution is -2.35. The molecule has 0 aliphatic rings. The number of aromatic nitrogens is 4. The normalized spacial score (nSPS) is 14.4. The SMILES string of the molecule is Cc1cccn2c(CNCC(C)(O)c3cnn(C)c3)cnc12. The van der Waals surface area contributed by atoms with Crippen LogP contribution in [-0.2, 0) is 19.2 Å². The fraction of sp³-hybridized carbons (Fsp3) is 0.375. The summed E-state index contributed by atoms with van der Waals surface area (Å²) in [6.45, 7) is 4.92. The third kappa shape index (κ3) is 2.75. The van der Waals surface area contributed by atoms with Gasteiger partial charge in [0.15, 0.2) is 0 Å². The van der Waals surface area contributed by atoms with Crippen LogP contribution < -0.4 is 5.32 Å². The second kappa shape index (κ2) is 5.55. The number of nitrogens with zero attached hydrogens (tertiary/aromatic N) is 4. The molecule has 0 aliphatic carbocycles. The largest absolute Gasteiger partial charge is 0.384 e. The number of hydrogen-bond donors (Lipinski definition) is 2. The van der Waals surface area contributed by atoms with Gasteiger partial charge in [0.05, 0.1) is 18.1 Å². The Morgan fingerprint density at radius 2 is 2.18 bits per heavy atom. The third-order valence-corrected chi connectivity index (χ3v) is 3.91. The molecule has 3 aromatic heterocycles. The van der Waals surface area contributed by atoms with Crippen molar-refractivity contribution in [1.29, 1.82) is 0 Å². The number of rotatable bonds is 5. The summed E-state index contributed by atoms with van der Waals surface area (Å²) in [4.78, 5) is 4.44. The zero-order valence-electron chi connectivity index (χ0n) is 13.1. The van der Waals surface area contributed by atoms with Crippen LogP contribution in [0.5, 0.6) is 0 Å². The van der Waals surface area contributed by atoms with E-state index < -0.39 is 5.60 Å². The Balaban J connectivity index is 1.68. The van der Waals surface area contributed by atoms with E-state index in [1.165, 1.54) is 0 Å². The highest BCUT2D eigenvalue weighted by Gasteiger charge is 2.24. The van der Waals surface area contributed by atoms with Crippen molar-refractivity contribution in [2.24, 2.45) is 7.05 Å². The van der Waals surface area contributed by atoms with Gasteiger partial charge in [-0.05, 0) is 25.5 Å². The first-order valence-corrected chi connectivity index (χ1v) is 7.31. The number of hydrogen-bond acceptors (Lipinski definition) is 4. The highest BCUT2D eigenvalue weighted by atomic mass is 16.3. The van der Waals surface area contributed by atoms with E-state index in [0.29, 0.717) is 13.1 Å². The number of imidazole rings is 1. The first kappa shape index (κ1) is 14.7. The minimum Gasteiger partial charge on any atom is -0.384 e. The zero-order chi connectivity index (χ0) is 15.7. The average Bonchev–Trinajstić information content (AvgIpc) is 3.07. The van der Waals surface area contributed by atoms with E-state index >= 15 is 0 Å². The maximum Gasteiger partial charge on any atom is 0.139 e. The molecular weight excluding hydrogens is 278 g/mol. The summed E-state index contributed by atoms with van der Waals surface area (Å²) < 4.78 is 3.76. The van der Waals surface area contributed by atoms with Gasteiger partial charge in [-0.2, -0.15) is 5.10 Å². The van der Waals surface area contributed by atoms with E-state index in [1.54, 1.807) is 17.8 Å². The minimum atomic E-state index is -0.954. The van der Waals surface area contributed by atoms with Crippen LogP contribution in [0.2, 0.25) is 0 Å². The number of aliphatic hydroxyl groups is 1. The summed E-state index contributed by atoms with van der Waals surface area (Å²) in [6, 6.07) is 4.06. The Morgan fingerprint density at radius 1 is 1.36 bits per heavy atom. The summed E-state index contributed by atoms with van der Waals surface area (Å²) in [5.74, 6) is 0. The van der Waals surface area contributed by atoms with Gasteiger partial charge in [-0.15, -0.1) is 0 Å². The lowest BCUT2D eigenvalue weighted by Gasteiger charge is -2.22. The molecule has 3 aromatic rings. The first-order valence-electron chi connectivity index (χ1n) is 7.31. The molecule has 1 unspecified atom stereocenters. The van der Waals surface area contributed by atoms with Gasteiger partial charge in [-0.25, -0.2) is 4.98 Å². The second-order valence-corrected chi connectivity index (χ2v) is 5.91. The van der Waals surface area contributed by atoms with Crippen LogP contribution in [-0.4, -0.2) is 30.8 Å². The molecule has 0 aromatic carbocycles. The van der Waals surface area contributed by atoms with Crippen molar-refractivity contribution in [3.63, 3.8) is 0 Å². The topological polar surface area (TPSA) is 67.4 Å². The van der Waals surface area contributed by atoms with Crippen molar-refractivity contribution in [2.45, 2.75) is 26.0 Å². The molecule has 6 nitrogen and oxygen atoms in total. The van der Waals surface area contributed by atoms with Crippen LogP contribution in [0, 0.1) is 6.92 Å². The van der Waals surface area contributed by atoms with Crippen LogP contribution in [0.4, 0.5) is 0 Å². The van der Waals surface area contributed by atoms with Crippen molar-refractivity contribution in [2.75, 3.05) is 6.54 Å². The highest BCUT2D eigenvalue weighted by Crippen LogP contribution is 2.19. The Labute approximate surface area is 129 Å². The number of fused-ring (bicyclic) bond motifs is 1. The predicted molar refractivity (Wildman–Crippen MR) is 84.4 cm³/mol. The number of pyridine rings is 1. The van der Waals surface area contributed by atoms with Crippen molar-refractivity contribution in [1.82, 2.24) is 24.5 Å². The van der Waals surface area contributed by atoms with E-state index in [4.69, 9.17) is 0 Å². The first-order chi connectivity index (χ1) is 10.5. The van der Waals surface area contributed by atoms with Crippen molar-refractivity contribution in [3.05, 3.63) is 53.7 Å². The molecule has 0 aliphatic heterocycles. The Bertz CT molecular complexity index is 787. The number of nitrogens with one attached hydrogen (secondary N) is 1. The van der Waals surface area contributed by atoms with E-state index in [1.807, 2.05) is 44.7 Å². The molecule has 0 saturated carbocycles. The minimum absolute atomic E-state index is 0.442. The van der Waals surface area contributed by atoms with Gasteiger partial charge in [-0.3, -0.25) is 4.68 Å². The molecule has 0 radical (unpaired) electrons. The van der Waals surface area contributed by atoms with Crippen LogP contribution in [0.25, 0.3) is 5.65 Å². The molecule has 0 saturated heterocycles. The van der Waals surface area contributed by atoms with E-state index in [-0.39, 0.29) is 0 Å². The Morgan fingerprint density at radius 3 is 2.91 bits per heavy atom. The summed E-state index contributed by atoms with van der Waals surface area (Å²) >= 11 is 0. The highest BCUT2D eigenvalue weighted by molar-refractivity contribution is 5.48. The molecule has 0 fully saturated rings. The molecule has 0 spiro atoms. The van der Waals surface area contributed by atoms with Crippen molar-refractivity contribution >= 4 is 5.65 Å². The molecule has 3 rings (SSSR count). The Kier molecular flexibility index (Phi) is 3.72. The smallest absolute Gasteiger partial charge is 0.139 e. The van der Waals surface area contributed by atoms with Gasteiger partial charge in [0, 0.05) is 38.1 Å². The molecule has 1 atom stereocenters. The zero-order valence-corrected chi connectivity index (χ0v) is 13.1. The lowest BCUT2D eigenvalue weighted by molar-refractivity contribution is 0.0565. The quantitative estimate of drug-likeness (QED) is 0.747. The number of aryl methyl sites for hydroxylation is 2. The van der Waals surface area contributed by atoms with E-state index in [9.17, 15) is 5.11 Å². The molecule has 3 heterocycles. The van der Waals surface area contributed by atoms with Crippen molar-refractivity contribution in [3.8, 4) is 0 Å². The lowest BCUT2D eigenvalue weighted by atomic mass is 10.00. The van der Waals surface area contributed by atoms with Crippen LogP contribution in [0.15, 0.2) is 36.9 Å². The van der Waals surface area contributed by atoms with Gasteiger partial charge >= 0.3 is 0 Å². The molecule has 0 bridgehead atoms. The van der Waals surface area contributed by atoms with Crippen molar-refractivity contribution < 1.29 is 5.11 Å². The van der Waals surface area contributed by atoms with E-state index in [2.05, 4.69) is 19.8 Å². The van der Waals surface area contributed by atoms with Gasteiger partial charge in [0.2, 0.25) is 0 Å². The molecule has 22 heavy (non-hydrogen) atoms. The molecule has 116 valence electrons. The maximum atomic E-state index is 10.5. The van der Waals surface area contributed by atoms with E-state index in [0.717, 1.165) is 22.5 Å². The standard InChI is InChI=1S/C16H21N5O/c1-12-5-4-6-21-14(9-18-15(12)21)8-17-11-16(2,22)13-7-19-20(3)10-13/h4-7,9-10,17,22H,8,11H2,1-3H3. The summed E-state index contributed by atoms with van der Waals surface area (Å²) in [7, 11) is 1.84. The summed E-state index contributed by atoms with van der Waals surface area (Å²) in [5.41, 5.74) is 3.04. The average molecular weight is 299 g/mol. The molecule has 2 N–H and O–H groups in total. The molecule has 6 heteroatoms. The maximum absolute atomic E-state index is 10.5. The Hall–Kier alpha value is -2.18. The van der Waals surface area contributed by atoms with Crippen LogP contribution in [0.1, 0.15) is 23.7 Å². The predicted octanol–water partition coefficient (Wildman–Crippen LogP) is 1.37. The van der Waals surface area contributed by atoms with Gasteiger partial charge in [-0.1, -0.05) is 6.07 Å². The van der Waals surface area contributed by atoms with Gasteiger partial charge < -0.3 is 14.8 Å². The summed E-state index contributed by atoms with van der Waals surface area (Å²) in [6.07, 6.45) is 7.40. The van der Waals surface area contributed by atoms with Crippen LogP contribution >= 0.6 is 0 Å².